The second-order valence-corrected chi connectivity index (χ2v) is 10.3. The van der Waals surface area contributed by atoms with Crippen LogP contribution >= 0.6 is 23.4 Å². The smallest absolute Gasteiger partial charge is 0.229 e. The van der Waals surface area contributed by atoms with E-state index >= 15 is 0 Å². The molecule has 3 aromatic carbocycles. The van der Waals surface area contributed by atoms with Gasteiger partial charge in [0.2, 0.25) is 5.91 Å². The number of rotatable bonds is 6. The minimum Gasteiger partial charge on any atom is -0.493 e. The highest BCUT2D eigenvalue weighted by atomic mass is 35.5. The van der Waals surface area contributed by atoms with Gasteiger partial charge in [0.15, 0.2) is 11.5 Å². The van der Waals surface area contributed by atoms with Gasteiger partial charge in [0.05, 0.1) is 36.3 Å². The summed E-state index contributed by atoms with van der Waals surface area (Å²) in [6.45, 7) is 2.76. The van der Waals surface area contributed by atoms with Crippen molar-refractivity contribution < 1.29 is 14.3 Å². The summed E-state index contributed by atoms with van der Waals surface area (Å²) < 4.78 is 11.6. The average Bonchev–Trinajstić information content (AvgIpc) is 2.93. The number of anilines is 1. The van der Waals surface area contributed by atoms with E-state index in [1.165, 1.54) is 11.8 Å². The number of amides is 1. The Balaban J connectivity index is 1.39. The van der Waals surface area contributed by atoms with E-state index < -0.39 is 0 Å². The number of benzene rings is 3. The molecule has 6 nitrogen and oxygen atoms in total. The first-order valence-electron chi connectivity index (χ1n) is 11.9. The zero-order valence-corrected chi connectivity index (χ0v) is 22.2. The lowest BCUT2D eigenvalue weighted by Gasteiger charge is -2.42. The molecule has 0 saturated carbocycles. The molecule has 1 atom stereocenters. The van der Waals surface area contributed by atoms with Crippen LogP contribution in [-0.2, 0) is 11.4 Å². The van der Waals surface area contributed by atoms with E-state index in [9.17, 15) is 10.1 Å². The first-order chi connectivity index (χ1) is 18.0. The van der Waals surface area contributed by atoms with Crippen LogP contribution < -0.4 is 14.4 Å². The third-order valence-corrected chi connectivity index (χ3v) is 8.20. The molecular weight excluding hydrogens is 506 g/mol. The zero-order chi connectivity index (χ0) is 25.9. The van der Waals surface area contributed by atoms with E-state index in [1.807, 2.05) is 73.7 Å². The molecule has 0 N–H and O–H groups in total. The van der Waals surface area contributed by atoms with Crippen molar-refractivity contribution in [2.24, 2.45) is 0 Å². The molecule has 1 amide bonds. The third-order valence-electron chi connectivity index (χ3n) is 6.64. The fraction of sp³-hybridized carbons (Fsp3) is 0.241. The maximum Gasteiger partial charge on any atom is 0.229 e. The Labute approximate surface area is 226 Å². The number of hydrogen-bond donors (Lipinski definition) is 0. The lowest BCUT2D eigenvalue weighted by atomic mass is 9.86. The number of nitrogens with zero attached hydrogens (tertiary/aromatic N) is 3. The number of aryl methyl sites for hydroxylation is 1. The van der Waals surface area contributed by atoms with Crippen LogP contribution in [0.4, 0.5) is 5.69 Å². The van der Waals surface area contributed by atoms with Gasteiger partial charge in [0.1, 0.15) is 6.61 Å². The Hall–Kier alpha value is -3.60. The number of thioether (sulfide) groups is 1. The van der Waals surface area contributed by atoms with E-state index in [2.05, 4.69) is 11.0 Å². The summed E-state index contributed by atoms with van der Waals surface area (Å²) >= 11 is 7.84. The van der Waals surface area contributed by atoms with Crippen molar-refractivity contribution in [3.63, 3.8) is 0 Å². The summed E-state index contributed by atoms with van der Waals surface area (Å²) in [7, 11) is 1.59. The van der Waals surface area contributed by atoms with Gasteiger partial charge in [-0.25, -0.2) is 0 Å². The SMILES string of the molecule is COc1cc([C@@H]2CC(=O)N3CN(c4ccc(C)c(Cl)c4)CSC3=C2C#N)ccc1OCc1ccccc1. The van der Waals surface area contributed by atoms with Crippen LogP contribution in [-0.4, -0.2) is 30.5 Å². The van der Waals surface area contributed by atoms with Crippen LogP contribution in [0.5, 0.6) is 11.5 Å². The second-order valence-electron chi connectivity index (χ2n) is 8.98. The van der Waals surface area contributed by atoms with Crippen molar-refractivity contribution >= 4 is 35.0 Å². The van der Waals surface area contributed by atoms with Crippen LogP contribution in [0.3, 0.4) is 0 Å². The molecule has 1 fully saturated rings. The lowest BCUT2D eigenvalue weighted by Crippen LogP contribution is -2.47. The number of carbonyl (C=O) groups excluding carboxylic acids is 1. The minimum absolute atomic E-state index is 0.0159. The fourth-order valence-electron chi connectivity index (χ4n) is 4.54. The quantitative estimate of drug-likeness (QED) is 0.364. The van der Waals surface area contributed by atoms with E-state index in [-0.39, 0.29) is 18.2 Å². The van der Waals surface area contributed by atoms with Crippen molar-refractivity contribution in [2.75, 3.05) is 24.6 Å². The molecule has 0 unspecified atom stereocenters. The van der Waals surface area contributed by atoms with Gasteiger partial charge in [-0.2, -0.15) is 5.26 Å². The molecule has 2 heterocycles. The van der Waals surface area contributed by atoms with Crippen molar-refractivity contribution in [1.29, 1.82) is 5.26 Å². The Morgan fingerprint density at radius 1 is 1.11 bits per heavy atom. The van der Waals surface area contributed by atoms with Gasteiger partial charge >= 0.3 is 0 Å². The van der Waals surface area contributed by atoms with Crippen molar-refractivity contribution in [3.05, 3.63) is 99.0 Å². The fourth-order valence-corrected chi connectivity index (χ4v) is 5.89. The molecule has 8 heteroatoms. The number of methoxy groups -OCH3 is 1. The number of nitriles is 1. The molecule has 2 aliphatic heterocycles. The highest BCUT2D eigenvalue weighted by Gasteiger charge is 2.38. The van der Waals surface area contributed by atoms with E-state index in [1.54, 1.807) is 12.0 Å². The molecule has 0 radical (unpaired) electrons. The maximum atomic E-state index is 13.3. The Morgan fingerprint density at radius 3 is 2.65 bits per heavy atom. The molecule has 2 aliphatic rings. The third kappa shape index (κ3) is 5.13. The average molecular weight is 532 g/mol. The topological polar surface area (TPSA) is 65.8 Å². The summed E-state index contributed by atoms with van der Waals surface area (Å²) in [5, 5.41) is 11.6. The number of carbonyl (C=O) groups is 1. The predicted molar refractivity (Wildman–Crippen MR) is 147 cm³/mol. The monoisotopic (exact) mass is 531 g/mol. The zero-order valence-electron chi connectivity index (χ0n) is 20.6. The summed E-state index contributed by atoms with van der Waals surface area (Å²) in [6.07, 6.45) is 0.211. The van der Waals surface area contributed by atoms with Gasteiger partial charge in [-0.05, 0) is 47.9 Å². The molecule has 0 bridgehead atoms. The molecule has 37 heavy (non-hydrogen) atoms. The standard InChI is InChI=1S/C29H26ClN3O3S/c1-19-8-10-22(13-25(19)30)32-17-33-28(34)14-23(24(15-31)29(33)37-18-32)21-9-11-26(27(12-21)35-2)36-16-20-6-4-3-5-7-20/h3-13,23H,14,16-18H2,1-2H3/t23-/m0/s1. The lowest BCUT2D eigenvalue weighted by molar-refractivity contribution is -0.129. The van der Waals surface area contributed by atoms with Gasteiger partial charge in [-0.3, -0.25) is 9.69 Å². The number of fused-ring (bicyclic) bond motifs is 1. The predicted octanol–water partition coefficient (Wildman–Crippen LogP) is 6.46. The Morgan fingerprint density at radius 2 is 1.92 bits per heavy atom. The molecule has 0 spiro atoms. The Kier molecular flexibility index (Phi) is 7.31. The van der Waals surface area contributed by atoms with Crippen LogP contribution in [0.25, 0.3) is 0 Å². The molecule has 5 rings (SSSR count). The van der Waals surface area contributed by atoms with E-state index in [0.717, 1.165) is 27.4 Å². The first kappa shape index (κ1) is 25.1. The molecule has 188 valence electrons. The van der Waals surface area contributed by atoms with Crippen molar-refractivity contribution in [2.45, 2.75) is 25.9 Å². The summed E-state index contributed by atoms with van der Waals surface area (Å²) in [4.78, 5) is 17.1. The second kappa shape index (κ2) is 10.8. The molecular formula is C29H26ClN3O3S. The number of ether oxygens (including phenoxy) is 2. The van der Waals surface area contributed by atoms with Crippen LogP contribution in [0.2, 0.25) is 5.02 Å². The first-order valence-corrected chi connectivity index (χ1v) is 13.3. The van der Waals surface area contributed by atoms with Gasteiger partial charge in [0, 0.05) is 23.0 Å². The van der Waals surface area contributed by atoms with Gasteiger partial charge < -0.3 is 14.4 Å². The van der Waals surface area contributed by atoms with E-state index in [4.69, 9.17) is 21.1 Å². The maximum absolute atomic E-state index is 13.3. The van der Waals surface area contributed by atoms with Gasteiger partial charge in [0.25, 0.3) is 0 Å². The molecule has 0 aromatic heterocycles. The summed E-state index contributed by atoms with van der Waals surface area (Å²) in [5.74, 6) is 1.45. The number of allylic oxidation sites excluding steroid dienone is 1. The normalized spacial score (nSPS) is 17.4. The molecule has 0 aliphatic carbocycles. The van der Waals surface area contributed by atoms with Crippen LogP contribution in [0, 0.1) is 18.3 Å². The van der Waals surface area contributed by atoms with Gasteiger partial charge in [-0.1, -0.05) is 65.8 Å². The summed E-state index contributed by atoms with van der Waals surface area (Å²) in [5.41, 5.74) is 4.47. The summed E-state index contributed by atoms with van der Waals surface area (Å²) in [6, 6.07) is 23.9. The van der Waals surface area contributed by atoms with Crippen molar-refractivity contribution in [1.82, 2.24) is 4.90 Å². The number of halogens is 1. The van der Waals surface area contributed by atoms with Gasteiger partial charge in [-0.15, -0.1) is 0 Å². The van der Waals surface area contributed by atoms with Crippen molar-refractivity contribution in [3.8, 4) is 17.6 Å². The molecule has 3 aromatic rings. The Bertz CT molecular complexity index is 1400. The van der Waals surface area contributed by atoms with Crippen LogP contribution in [0.15, 0.2) is 77.3 Å². The number of hydrogen-bond acceptors (Lipinski definition) is 6. The molecule has 1 saturated heterocycles. The minimum atomic E-state index is -0.339. The largest absolute Gasteiger partial charge is 0.493 e. The highest BCUT2D eigenvalue weighted by Crippen LogP contribution is 2.45. The van der Waals surface area contributed by atoms with Crippen LogP contribution in [0.1, 0.15) is 29.0 Å². The van der Waals surface area contributed by atoms with E-state index in [0.29, 0.717) is 41.2 Å². The highest BCUT2D eigenvalue weighted by molar-refractivity contribution is 8.03.